The largest absolute Gasteiger partial charge is 0.469 e. The summed E-state index contributed by atoms with van der Waals surface area (Å²) >= 11 is 5.05. The lowest BCUT2D eigenvalue weighted by Crippen LogP contribution is -2.18. The van der Waals surface area contributed by atoms with Crippen LogP contribution in [0.5, 0.6) is 0 Å². The summed E-state index contributed by atoms with van der Waals surface area (Å²) < 4.78 is 17.8. The average molecular weight is 351 g/mol. The summed E-state index contributed by atoms with van der Waals surface area (Å²) in [5.74, 6) is 0.981. The minimum absolute atomic E-state index is 0.0539. The summed E-state index contributed by atoms with van der Waals surface area (Å²) in [6, 6.07) is 1.97. The molecular weight excluding hydrogens is 336 g/mol. The van der Waals surface area contributed by atoms with Gasteiger partial charge >= 0.3 is 5.97 Å². The van der Waals surface area contributed by atoms with Crippen molar-refractivity contribution >= 4 is 44.0 Å². The number of carbonyl (C=O) groups excluding carboxylic acids is 1. The van der Waals surface area contributed by atoms with E-state index in [1.54, 1.807) is 11.3 Å². The highest BCUT2D eigenvalue weighted by Gasteiger charge is 2.45. The smallest absolute Gasteiger partial charge is 0.306 e. The number of hydrogen-bond acceptors (Lipinski definition) is 4. The van der Waals surface area contributed by atoms with Crippen LogP contribution in [-0.2, 0) is 26.1 Å². The maximum absolute atomic E-state index is 12.1. The van der Waals surface area contributed by atoms with Crippen molar-refractivity contribution in [1.82, 2.24) is 0 Å². The Morgan fingerprint density at radius 2 is 2.33 bits per heavy atom. The number of rotatable bonds is 6. The van der Waals surface area contributed by atoms with E-state index in [2.05, 4.69) is 20.7 Å². The van der Waals surface area contributed by atoms with Crippen LogP contribution in [0.3, 0.4) is 0 Å². The van der Waals surface area contributed by atoms with E-state index in [0.29, 0.717) is 17.9 Å². The van der Waals surface area contributed by atoms with Crippen molar-refractivity contribution in [2.24, 2.45) is 5.41 Å². The first-order chi connectivity index (χ1) is 8.54. The van der Waals surface area contributed by atoms with Crippen molar-refractivity contribution in [2.75, 3.05) is 12.9 Å². The van der Waals surface area contributed by atoms with Crippen LogP contribution in [-0.4, -0.2) is 23.0 Å². The molecule has 1 unspecified atom stereocenters. The van der Waals surface area contributed by atoms with Gasteiger partial charge in [-0.25, -0.2) is 0 Å². The highest BCUT2D eigenvalue weighted by molar-refractivity contribution is 9.10. The van der Waals surface area contributed by atoms with E-state index in [-0.39, 0.29) is 11.4 Å². The zero-order valence-corrected chi connectivity index (χ0v) is 13.3. The number of carbonyl (C=O) groups is 1. The van der Waals surface area contributed by atoms with Crippen LogP contribution in [0.1, 0.15) is 24.1 Å². The van der Waals surface area contributed by atoms with E-state index in [1.807, 2.05) is 11.4 Å². The van der Waals surface area contributed by atoms with Crippen LogP contribution in [0.25, 0.3) is 0 Å². The molecule has 18 heavy (non-hydrogen) atoms. The first-order valence-corrected chi connectivity index (χ1v) is 8.84. The van der Waals surface area contributed by atoms with Crippen LogP contribution in [0.2, 0.25) is 0 Å². The van der Waals surface area contributed by atoms with Gasteiger partial charge in [0.1, 0.15) is 0 Å². The molecule has 1 aromatic heterocycles. The van der Waals surface area contributed by atoms with Crippen LogP contribution in [0, 0.1) is 5.41 Å². The second kappa shape index (κ2) is 5.84. The zero-order valence-electron chi connectivity index (χ0n) is 10.1. The second-order valence-electron chi connectivity index (χ2n) is 4.67. The lowest BCUT2D eigenvalue weighted by Gasteiger charge is -2.12. The van der Waals surface area contributed by atoms with Gasteiger partial charge in [0.15, 0.2) is 0 Å². The number of halogens is 1. The highest BCUT2D eigenvalue weighted by Crippen LogP contribution is 2.49. The number of ether oxygens (including phenoxy) is 1. The van der Waals surface area contributed by atoms with Gasteiger partial charge in [0.2, 0.25) is 0 Å². The van der Waals surface area contributed by atoms with Gasteiger partial charge < -0.3 is 4.74 Å². The molecule has 1 fully saturated rings. The molecule has 0 aliphatic heterocycles. The van der Waals surface area contributed by atoms with Gasteiger partial charge in [-0.05, 0) is 45.6 Å². The van der Waals surface area contributed by atoms with Crippen molar-refractivity contribution in [3.8, 4) is 0 Å². The van der Waals surface area contributed by atoms with Crippen molar-refractivity contribution < 1.29 is 13.7 Å². The normalized spacial score (nSPS) is 18.3. The summed E-state index contributed by atoms with van der Waals surface area (Å²) in [7, 11) is 0.489. The summed E-state index contributed by atoms with van der Waals surface area (Å²) in [4.78, 5) is 12.4. The van der Waals surface area contributed by atoms with Crippen molar-refractivity contribution in [1.29, 1.82) is 0 Å². The van der Waals surface area contributed by atoms with Gasteiger partial charge in [-0.15, -0.1) is 11.3 Å². The quantitative estimate of drug-likeness (QED) is 0.740. The van der Waals surface area contributed by atoms with Crippen molar-refractivity contribution in [3.05, 3.63) is 20.8 Å². The predicted molar refractivity (Wildman–Crippen MR) is 77.0 cm³/mol. The molecule has 1 saturated carbocycles. The molecular formula is C12H15BrO3S2. The molecule has 1 heterocycles. The Kier molecular flexibility index (Phi) is 4.61. The Bertz CT molecular complexity index is 466. The van der Waals surface area contributed by atoms with E-state index in [0.717, 1.165) is 22.2 Å². The molecule has 6 heteroatoms. The van der Waals surface area contributed by atoms with Gasteiger partial charge in [0.25, 0.3) is 0 Å². The molecule has 0 saturated heterocycles. The maximum atomic E-state index is 12.1. The van der Waals surface area contributed by atoms with E-state index < -0.39 is 10.8 Å². The molecule has 1 aliphatic carbocycles. The summed E-state index contributed by atoms with van der Waals surface area (Å²) in [6.07, 6.45) is 2.37. The minimum atomic E-state index is -0.912. The Labute approximate surface area is 122 Å². The monoisotopic (exact) mass is 350 g/mol. The predicted octanol–water partition coefficient (Wildman–Crippen LogP) is 3.10. The van der Waals surface area contributed by atoms with Gasteiger partial charge in [0, 0.05) is 25.9 Å². The Morgan fingerprint density at radius 1 is 1.61 bits per heavy atom. The maximum Gasteiger partial charge on any atom is 0.306 e. The fourth-order valence-corrected chi connectivity index (χ4v) is 5.65. The molecule has 1 aromatic rings. The van der Waals surface area contributed by atoms with E-state index >= 15 is 0 Å². The van der Waals surface area contributed by atoms with E-state index in [4.69, 9.17) is 0 Å². The molecule has 100 valence electrons. The standard InChI is InChI=1S/C12H15BrO3S2/c1-16-11(14)6-12(3-4-12)8-18(15)7-10-9(13)2-5-17-10/h2,5H,3-4,6-8H2,1H3. The first-order valence-electron chi connectivity index (χ1n) is 5.68. The summed E-state index contributed by atoms with van der Waals surface area (Å²) in [6.45, 7) is 0. The highest BCUT2D eigenvalue weighted by atomic mass is 79.9. The molecule has 0 aromatic carbocycles. The molecule has 0 bridgehead atoms. The molecule has 0 N–H and O–H groups in total. The van der Waals surface area contributed by atoms with Crippen LogP contribution >= 0.6 is 27.3 Å². The SMILES string of the molecule is COC(=O)CC1(CS(=O)Cc2sccc2Br)CC1. The minimum Gasteiger partial charge on any atom is -0.469 e. The third-order valence-electron chi connectivity index (χ3n) is 3.15. The Hall–Kier alpha value is -0.200. The van der Waals surface area contributed by atoms with E-state index in [9.17, 15) is 9.00 Å². The van der Waals surface area contributed by atoms with Gasteiger partial charge in [-0.1, -0.05) is 0 Å². The third kappa shape index (κ3) is 3.65. The van der Waals surface area contributed by atoms with Crippen LogP contribution in [0.15, 0.2) is 15.9 Å². The molecule has 0 radical (unpaired) electrons. The number of hydrogen-bond donors (Lipinski definition) is 0. The average Bonchev–Trinajstić information content (AvgIpc) is 2.94. The Morgan fingerprint density at radius 3 is 2.83 bits per heavy atom. The van der Waals surface area contributed by atoms with Gasteiger partial charge in [-0.2, -0.15) is 0 Å². The molecule has 2 rings (SSSR count). The Balaban J connectivity index is 1.88. The molecule has 3 nitrogen and oxygen atoms in total. The van der Waals surface area contributed by atoms with Crippen LogP contribution in [0.4, 0.5) is 0 Å². The molecule has 0 amide bonds. The fraction of sp³-hybridized carbons (Fsp3) is 0.583. The van der Waals surface area contributed by atoms with E-state index in [1.165, 1.54) is 7.11 Å². The molecule has 0 spiro atoms. The van der Waals surface area contributed by atoms with Crippen LogP contribution < -0.4 is 0 Å². The van der Waals surface area contributed by atoms with Gasteiger partial charge in [-0.3, -0.25) is 9.00 Å². The lowest BCUT2D eigenvalue weighted by molar-refractivity contribution is -0.141. The third-order valence-corrected chi connectivity index (χ3v) is 6.81. The topological polar surface area (TPSA) is 43.4 Å². The molecule has 1 aliphatic rings. The van der Waals surface area contributed by atoms with Crippen molar-refractivity contribution in [2.45, 2.75) is 25.0 Å². The lowest BCUT2D eigenvalue weighted by atomic mass is 10.1. The summed E-state index contributed by atoms with van der Waals surface area (Å²) in [5.41, 5.74) is -0.0539. The van der Waals surface area contributed by atoms with Gasteiger partial charge in [0.05, 0.1) is 19.3 Å². The first kappa shape index (κ1) is 14.2. The van der Waals surface area contributed by atoms with Crippen molar-refractivity contribution in [3.63, 3.8) is 0 Å². The number of thiophene rings is 1. The molecule has 1 atom stereocenters. The zero-order chi connectivity index (χ0) is 13.2. The number of methoxy groups -OCH3 is 1. The number of esters is 1. The second-order valence-corrected chi connectivity index (χ2v) is 7.99. The summed E-state index contributed by atoms with van der Waals surface area (Å²) in [5, 5.41) is 1.98. The fourth-order valence-electron chi connectivity index (χ4n) is 1.89.